The molecule has 2 heterocycles. The molecule has 0 saturated heterocycles. The van der Waals surface area contributed by atoms with Crippen LogP contribution in [0, 0.1) is 20.8 Å². The molecule has 7 rings (SSSR count). The molecule has 4 amide bonds. The highest BCUT2D eigenvalue weighted by Gasteiger charge is 2.30. The van der Waals surface area contributed by atoms with Gasteiger partial charge in [-0.25, -0.2) is 29.1 Å². The normalized spacial score (nSPS) is 12.5. The van der Waals surface area contributed by atoms with E-state index in [-0.39, 0.29) is 12.6 Å². The molecule has 0 atom stereocenters. The van der Waals surface area contributed by atoms with Crippen molar-refractivity contribution in [1.82, 2.24) is 14.9 Å². The lowest BCUT2D eigenvalue weighted by Gasteiger charge is -2.28. The van der Waals surface area contributed by atoms with Gasteiger partial charge in [0.2, 0.25) is 33.3 Å². The lowest BCUT2D eigenvalue weighted by molar-refractivity contribution is -0.583. The Hall–Kier alpha value is -8.40. The molecular formula is C73H96N8O8+2. The first-order valence-corrected chi connectivity index (χ1v) is 31.5. The van der Waals surface area contributed by atoms with Gasteiger partial charge in [-0.2, -0.15) is 4.57 Å². The molecule has 0 radical (unpaired) electrons. The molecule has 5 aromatic carbocycles. The summed E-state index contributed by atoms with van der Waals surface area (Å²) < 4.78 is 27.5. The summed E-state index contributed by atoms with van der Waals surface area (Å²) in [5.74, 6) is 0. The number of aromatic nitrogens is 4. The van der Waals surface area contributed by atoms with E-state index in [1.165, 1.54) is 0 Å². The van der Waals surface area contributed by atoms with Crippen LogP contribution in [0.5, 0.6) is 0 Å². The molecule has 474 valence electrons. The number of carbonyl (C=O) groups is 4. The molecule has 0 unspecified atom stereocenters. The monoisotopic (exact) mass is 1210 g/mol. The first-order chi connectivity index (χ1) is 41.8. The van der Waals surface area contributed by atoms with E-state index in [1.54, 1.807) is 9.80 Å². The zero-order valence-corrected chi connectivity index (χ0v) is 55.7. The van der Waals surface area contributed by atoms with Gasteiger partial charge in [-0.3, -0.25) is 15.5 Å². The molecule has 0 aliphatic carbocycles. The second kappa shape index (κ2) is 29.3. The lowest BCUT2D eigenvalue weighted by atomic mass is 10.1. The fourth-order valence-electron chi connectivity index (χ4n) is 10.6. The number of carbonyl (C=O) groups excluding carboxylic acids is 4. The van der Waals surface area contributed by atoms with Gasteiger partial charge in [-0.05, 0) is 165 Å². The summed E-state index contributed by atoms with van der Waals surface area (Å²) in [6, 6.07) is 31.9. The quantitative estimate of drug-likeness (QED) is 0.0306. The molecule has 0 spiro atoms. The highest BCUT2D eigenvalue weighted by atomic mass is 16.6. The summed E-state index contributed by atoms with van der Waals surface area (Å²) >= 11 is 0. The van der Waals surface area contributed by atoms with Crippen LogP contribution in [0.25, 0.3) is 56.6 Å². The SMILES string of the molecule is C=C(C)/C=c1/nc2cc(C)c(NC(=O)OC(C)(C)C)cc2[n+](-c2ccccc2)/c1=C/CN(CCCCCCCCCCCCN(C(=O)OC(C)(C)C)c1cc2c(cc1C)nc1cc(C)c(NC(=O)OC(C)(C)C)cc1[n+]2-c1ccccc1)C(=O)OC(C)(C)C. The number of allylic oxidation sites excluding steroid dienone is 1. The molecule has 16 nitrogen and oxygen atoms in total. The van der Waals surface area contributed by atoms with Crippen LogP contribution in [-0.4, -0.2) is 81.3 Å². The predicted octanol–water partition coefficient (Wildman–Crippen LogP) is 15.8. The third kappa shape index (κ3) is 19.8. The summed E-state index contributed by atoms with van der Waals surface area (Å²) in [5, 5.41) is 7.36. The molecule has 0 fully saturated rings. The second-order valence-corrected chi connectivity index (χ2v) is 27.3. The molecule has 2 aromatic heterocycles. The first-order valence-electron chi connectivity index (χ1n) is 31.5. The Bertz CT molecular complexity index is 3820. The molecule has 16 heteroatoms. The molecule has 2 N–H and O–H groups in total. The Morgan fingerprint density at radius 1 is 0.506 bits per heavy atom. The van der Waals surface area contributed by atoms with Gasteiger partial charge < -0.3 is 23.8 Å². The maximum atomic E-state index is 14.2. The van der Waals surface area contributed by atoms with Crippen molar-refractivity contribution in [2.45, 2.75) is 197 Å². The zero-order valence-electron chi connectivity index (χ0n) is 55.7. The summed E-state index contributed by atoms with van der Waals surface area (Å²) in [7, 11) is 0. The number of para-hydroxylation sites is 2. The van der Waals surface area contributed by atoms with Crippen molar-refractivity contribution in [1.29, 1.82) is 0 Å². The van der Waals surface area contributed by atoms with Crippen LogP contribution in [-0.2, 0) is 18.9 Å². The van der Waals surface area contributed by atoms with E-state index < -0.39 is 40.7 Å². The van der Waals surface area contributed by atoms with Crippen molar-refractivity contribution >= 4 is 86.7 Å². The summed E-state index contributed by atoms with van der Waals surface area (Å²) in [5.41, 5.74) is 8.94. The summed E-state index contributed by atoms with van der Waals surface area (Å²) in [6.45, 7) is 35.6. The maximum Gasteiger partial charge on any atom is 0.414 e. The Balaban J connectivity index is 1.01. The summed E-state index contributed by atoms with van der Waals surface area (Å²) in [6.07, 6.45) is 12.1. The number of hydrogen-bond acceptors (Lipinski definition) is 10. The van der Waals surface area contributed by atoms with Crippen molar-refractivity contribution in [3.05, 3.63) is 137 Å². The topological polar surface area (TPSA) is 169 Å². The zero-order chi connectivity index (χ0) is 65.0. The highest BCUT2D eigenvalue weighted by Crippen LogP contribution is 2.31. The van der Waals surface area contributed by atoms with E-state index in [4.69, 9.17) is 28.9 Å². The van der Waals surface area contributed by atoms with Crippen LogP contribution in [0.15, 0.2) is 109 Å². The van der Waals surface area contributed by atoms with Crippen LogP contribution >= 0.6 is 0 Å². The molecule has 7 aromatic rings. The van der Waals surface area contributed by atoms with Crippen molar-refractivity contribution < 1.29 is 47.3 Å². The molecule has 89 heavy (non-hydrogen) atoms. The fourth-order valence-corrected chi connectivity index (χ4v) is 10.6. The number of hydrogen-bond donors (Lipinski definition) is 2. The van der Waals surface area contributed by atoms with E-state index in [2.05, 4.69) is 26.3 Å². The van der Waals surface area contributed by atoms with Crippen molar-refractivity contribution in [2.75, 3.05) is 35.2 Å². The molecule has 0 aliphatic heterocycles. The van der Waals surface area contributed by atoms with Gasteiger partial charge in [-0.15, -0.1) is 4.57 Å². The van der Waals surface area contributed by atoms with Gasteiger partial charge >= 0.3 is 24.4 Å². The van der Waals surface area contributed by atoms with Crippen LogP contribution in [0.3, 0.4) is 0 Å². The average Bonchev–Trinajstić information content (AvgIpc) is 0.763. The van der Waals surface area contributed by atoms with Gasteiger partial charge in [0.05, 0.1) is 17.1 Å². The molecule has 0 saturated carbocycles. The summed E-state index contributed by atoms with van der Waals surface area (Å²) in [4.78, 5) is 68.1. The minimum Gasteiger partial charge on any atom is -0.444 e. The van der Waals surface area contributed by atoms with E-state index in [9.17, 15) is 19.2 Å². The predicted molar refractivity (Wildman–Crippen MR) is 359 cm³/mol. The number of rotatable bonds is 21. The number of fused-ring (bicyclic) bond motifs is 3. The standard InChI is InChI=1S/C73H94N8O8/c1-49(2)42-57-61(80(53-34-28-26-29-35-53)63-46-55(50(3)43-58(63)74-57)76-66(82)86-70(6,7)8)38-41-78(68(84)88-72(12,13)14)39-32-24-22-20-18-19-21-23-25-33-40-79(69(85)89-73(15,16)17)62-48-65-60(45-52(62)5)75-59-44-51(4)56(77-67(83)87-71(9,10)11)47-64(59)81(65)54-36-30-27-31-37-54/h26-31,34-38,42-48H,1,18-25,32-33,39-41H2,2-17H3/p+2/b57-42+,61-38+. The average molecular weight is 1210 g/mol. The maximum absolute atomic E-state index is 14.2. The number of ether oxygens (including phenoxy) is 4. The smallest absolute Gasteiger partial charge is 0.414 e. The largest absolute Gasteiger partial charge is 0.444 e. The fraction of sp³-hybridized carbons (Fsp3) is 0.452. The van der Waals surface area contributed by atoms with E-state index in [0.717, 1.165) is 142 Å². The van der Waals surface area contributed by atoms with Crippen LogP contribution in [0.4, 0.5) is 36.2 Å². The minimum absolute atomic E-state index is 0.264. The van der Waals surface area contributed by atoms with E-state index >= 15 is 0 Å². The number of nitrogens with zero attached hydrogens (tertiary/aromatic N) is 6. The Labute approximate surface area is 527 Å². The molecule has 0 bridgehead atoms. The van der Waals surface area contributed by atoms with Gasteiger partial charge in [0, 0.05) is 68.2 Å². The number of amides is 4. The molecule has 0 aliphatic rings. The van der Waals surface area contributed by atoms with Crippen molar-refractivity contribution in [3.63, 3.8) is 0 Å². The minimum atomic E-state index is -0.707. The Morgan fingerprint density at radius 2 is 0.910 bits per heavy atom. The number of nitrogens with one attached hydrogen (secondary N) is 2. The number of aryl methyl sites for hydroxylation is 3. The van der Waals surface area contributed by atoms with Crippen LogP contribution in [0.2, 0.25) is 0 Å². The highest BCUT2D eigenvalue weighted by molar-refractivity contribution is 5.95. The van der Waals surface area contributed by atoms with E-state index in [1.807, 2.05) is 220 Å². The van der Waals surface area contributed by atoms with Crippen LogP contribution in [0.1, 0.15) is 171 Å². The van der Waals surface area contributed by atoms with Gasteiger partial charge in [-0.1, -0.05) is 99.9 Å². The Kier molecular flexibility index (Phi) is 22.4. The first kappa shape index (κ1) is 68.1. The lowest BCUT2D eigenvalue weighted by Crippen LogP contribution is -2.57. The number of anilines is 3. The van der Waals surface area contributed by atoms with Gasteiger partial charge in [0.1, 0.15) is 44.3 Å². The van der Waals surface area contributed by atoms with Gasteiger partial charge in [0.25, 0.3) is 0 Å². The number of benzene rings is 5. The Morgan fingerprint density at radius 3 is 1.38 bits per heavy atom. The van der Waals surface area contributed by atoms with Gasteiger partial charge in [0.15, 0.2) is 0 Å². The third-order valence-electron chi connectivity index (χ3n) is 14.4. The van der Waals surface area contributed by atoms with E-state index in [0.29, 0.717) is 29.8 Å². The third-order valence-corrected chi connectivity index (χ3v) is 14.4. The van der Waals surface area contributed by atoms with Crippen molar-refractivity contribution in [3.8, 4) is 11.4 Å². The van der Waals surface area contributed by atoms with Crippen molar-refractivity contribution in [2.24, 2.45) is 0 Å². The second-order valence-electron chi connectivity index (χ2n) is 27.3. The number of unbranched alkanes of at least 4 members (excludes halogenated alkanes) is 9. The van der Waals surface area contributed by atoms with Crippen LogP contribution < -0.4 is 35.4 Å². The molecular weight excluding hydrogens is 1120 g/mol.